The number of rotatable bonds is 5. The number of nitrogen functional groups attached to an aromatic ring is 1. The van der Waals surface area contributed by atoms with Crippen LogP contribution in [0, 0.1) is 0 Å². The molecule has 0 aliphatic rings. The Morgan fingerprint density at radius 2 is 2.00 bits per heavy atom. The Labute approximate surface area is 132 Å². The zero-order chi connectivity index (χ0) is 15.4. The van der Waals surface area contributed by atoms with Crippen LogP contribution in [0.3, 0.4) is 0 Å². The number of nitrogens with zero attached hydrogens (tertiary/aromatic N) is 4. The molecule has 0 unspecified atom stereocenters. The van der Waals surface area contributed by atoms with Crippen molar-refractivity contribution in [2.45, 2.75) is 6.54 Å². The Morgan fingerprint density at radius 3 is 2.73 bits per heavy atom. The van der Waals surface area contributed by atoms with Crippen LogP contribution in [0.25, 0.3) is 0 Å². The fourth-order valence-corrected chi connectivity index (χ4v) is 2.64. The molecule has 0 aliphatic carbocycles. The van der Waals surface area contributed by atoms with Gasteiger partial charge in [0.25, 0.3) is 0 Å². The Balaban J connectivity index is 1.81. The molecule has 22 heavy (non-hydrogen) atoms. The number of nitrogens with one attached hydrogen (secondary N) is 1. The van der Waals surface area contributed by atoms with E-state index in [1.165, 1.54) is 23.2 Å². The summed E-state index contributed by atoms with van der Waals surface area (Å²) in [6, 6.07) is 10.2. The van der Waals surface area contributed by atoms with Gasteiger partial charge in [-0.05, 0) is 5.56 Å². The van der Waals surface area contributed by atoms with Crippen molar-refractivity contribution in [3.63, 3.8) is 0 Å². The first-order chi connectivity index (χ1) is 10.7. The van der Waals surface area contributed by atoms with Gasteiger partial charge in [0.15, 0.2) is 16.8 Å². The van der Waals surface area contributed by atoms with E-state index in [1.807, 2.05) is 35.5 Å². The summed E-state index contributed by atoms with van der Waals surface area (Å²) in [6.07, 6.45) is 3.23. The molecule has 0 saturated heterocycles. The largest absolute Gasteiger partial charge is 0.393 e. The lowest BCUT2D eigenvalue weighted by molar-refractivity contribution is 0.894. The fourth-order valence-electron chi connectivity index (χ4n) is 2.11. The molecule has 3 N–H and O–H groups in total. The van der Waals surface area contributed by atoms with Crippen LogP contribution in [-0.4, -0.2) is 22.0 Å². The Morgan fingerprint density at radius 1 is 1.18 bits per heavy atom. The standard InChI is InChI=1S/C15H16N6S/c1-21(9-11-5-3-2-4-6-11)14-12(16)13(18-10-19-14)20-15-17-7-8-22-15/h2-8,10H,9,16H2,1H3,(H,17,18,19,20). The Bertz CT molecular complexity index is 729. The molecule has 0 fully saturated rings. The number of thiazole rings is 1. The Kier molecular flexibility index (Phi) is 4.15. The second kappa shape index (κ2) is 6.40. The van der Waals surface area contributed by atoms with Gasteiger partial charge in [-0.15, -0.1) is 11.3 Å². The van der Waals surface area contributed by atoms with E-state index in [9.17, 15) is 0 Å². The second-order valence-electron chi connectivity index (χ2n) is 4.76. The third-order valence-corrected chi connectivity index (χ3v) is 3.83. The molecule has 0 saturated carbocycles. The van der Waals surface area contributed by atoms with Crippen molar-refractivity contribution in [2.75, 3.05) is 23.0 Å². The van der Waals surface area contributed by atoms with Gasteiger partial charge in [-0.3, -0.25) is 0 Å². The lowest BCUT2D eigenvalue weighted by Gasteiger charge is -2.20. The van der Waals surface area contributed by atoms with Gasteiger partial charge in [-0.1, -0.05) is 30.3 Å². The predicted octanol–water partition coefficient (Wildman–Crippen LogP) is 2.90. The van der Waals surface area contributed by atoms with Gasteiger partial charge >= 0.3 is 0 Å². The number of anilines is 4. The van der Waals surface area contributed by atoms with Gasteiger partial charge < -0.3 is 16.0 Å². The summed E-state index contributed by atoms with van der Waals surface area (Å²) in [5.41, 5.74) is 7.90. The summed E-state index contributed by atoms with van der Waals surface area (Å²) in [5, 5.41) is 5.76. The van der Waals surface area contributed by atoms with E-state index < -0.39 is 0 Å². The molecule has 2 aromatic heterocycles. The van der Waals surface area contributed by atoms with E-state index in [4.69, 9.17) is 5.73 Å². The van der Waals surface area contributed by atoms with Crippen molar-refractivity contribution in [3.8, 4) is 0 Å². The highest BCUT2D eigenvalue weighted by molar-refractivity contribution is 7.13. The monoisotopic (exact) mass is 312 g/mol. The summed E-state index contributed by atoms with van der Waals surface area (Å²) in [5.74, 6) is 1.26. The molecule has 0 atom stereocenters. The van der Waals surface area contributed by atoms with Crippen molar-refractivity contribution >= 4 is 33.8 Å². The summed E-state index contributed by atoms with van der Waals surface area (Å²) >= 11 is 1.49. The molecule has 0 aliphatic heterocycles. The molecule has 7 heteroatoms. The minimum Gasteiger partial charge on any atom is -0.393 e. The molecular formula is C15H16N6S. The van der Waals surface area contributed by atoms with Crippen LogP contribution in [0.2, 0.25) is 0 Å². The minimum atomic E-state index is 0.510. The maximum Gasteiger partial charge on any atom is 0.188 e. The number of hydrogen-bond acceptors (Lipinski definition) is 7. The van der Waals surface area contributed by atoms with Crippen LogP contribution in [0.1, 0.15) is 5.56 Å². The first-order valence-electron chi connectivity index (χ1n) is 6.76. The van der Waals surface area contributed by atoms with Gasteiger partial charge in [0.2, 0.25) is 0 Å². The highest BCUT2D eigenvalue weighted by Crippen LogP contribution is 2.29. The Hall–Kier alpha value is -2.67. The van der Waals surface area contributed by atoms with Gasteiger partial charge in [0.1, 0.15) is 12.0 Å². The summed E-state index contributed by atoms with van der Waals surface area (Å²) < 4.78 is 0. The van der Waals surface area contributed by atoms with Crippen LogP contribution in [0.4, 0.5) is 22.5 Å². The number of benzene rings is 1. The lowest BCUT2D eigenvalue weighted by Crippen LogP contribution is -2.20. The van der Waals surface area contributed by atoms with Crippen molar-refractivity contribution < 1.29 is 0 Å². The fraction of sp³-hybridized carbons (Fsp3) is 0.133. The average molecular weight is 312 g/mol. The van der Waals surface area contributed by atoms with E-state index in [1.54, 1.807) is 6.20 Å². The first kappa shape index (κ1) is 14.3. The van der Waals surface area contributed by atoms with Gasteiger partial charge in [0, 0.05) is 25.2 Å². The maximum absolute atomic E-state index is 6.20. The molecule has 3 aromatic rings. The number of hydrogen-bond donors (Lipinski definition) is 2. The first-order valence-corrected chi connectivity index (χ1v) is 7.64. The van der Waals surface area contributed by atoms with Crippen LogP contribution >= 0.6 is 11.3 Å². The molecule has 3 rings (SSSR count). The molecule has 0 bridgehead atoms. The molecular weight excluding hydrogens is 296 g/mol. The number of aromatic nitrogens is 3. The maximum atomic E-state index is 6.20. The van der Waals surface area contributed by atoms with Gasteiger partial charge in [0.05, 0.1) is 0 Å². The highest BCUT2D eigenvalue weighted by Gasteiger charge is 2.13. The van der Waals surface area contributed by atoms with Crippen molar-refractivity contribution in [3.05, 3.63) is 53.8 Å². The average Bonchev–Trinajstić information content (AvgIpc) is 3.03. The van der Waals surface area contributed by atoms with E-state index >= 15 is 0 Å². The highest BCUT2D eigenvalue weighted by atomic mass is 32.1. The zero-order valence-corrected chi connectivity index (χ0v) is 12.9. The smallest absolute Gasteiger partial charge is 0.188 e. The lowest BCUT2D eigenvalue weighted by atomic mass is 10.2. The topological polar surface area (TPSA) is 80.0 Å². The van der Waals surface area contributed by atoms with Crippen molar-refractivity contribution in [1.29, 1.82) is 0 Å². The molecule has 2 heterocycles. The number of nitrogens with two attached hydrogens (primary N) is 1. The second-order valence-corrected chi connectivity index (χ2v) is 5.66. The third-order valence-electron chi connectivity index (χ3n) is 3.14. The molecule has 1 aromatic carbocycles. The van der Waals surface area contributed by atoms with Crippen LogP contribution in [0.15, 0.2) is 48.2 Å². The van der Waals surface area contributed by atoms with Gasteiger partial charge in [-0.25, -0.2) is 15.0 Å². The zero-order valence-electron chi connectivity index (χ0n) is 12.1. The summed E-state index contributed by atoms with van der Waals surface area (Å²) in [7, 11) is 1.96. The SMILES string of the molecule is CN(Cc1ccccc1)c1ncnc(Nc2nccs2)c1N. The summed E-state index contributed by atoms with van der Waals surface area (Å²) in [4.78, 5) is 14.7. The van der Waals surface area contributed by atoms with E-state index in [0.717, 1.165) is 11.7 Å². The van der Waals surface area contributed by atoms with Gasteiger partial charge in [-0.2, -0.15) is 0 Å². The normalized spacial score (nSPS) is 10.4. The van der Waals surface area contributed by atoms with Crippen molar-refractivity contribution in [2.24, 2.45) is 0 Å². The minimum absolute atomic E-state index is 0.510. The van der Waals surface area contributed by atoms with Crippen LogP contribution in [-0.2, 0) is 6.54 Å². The summed E-state index contributed by atoms with van der Waals surface area (Å²) in [6.45, 7) is 0.721. The predicted molar refractivity (Wildman–Crippen MR) is 90.4 cm³/mol. The molecule has 0 amide bonds. The molecule has 0 radical (unpaired) electrons. The van der Waals surface area contributed by atoms with E-state index in [-0.39, 0.29) is 0 Å². The molecule has 0 spiro atoms. The van der Waals surface area contributed by atoms with E-state index in [0.29, 0.717) is 17.3 Å². The quantitative estimate of drug-likeness (QED) is 0.754. The van der Waals surface area contributed by atoms with Crippen molar-refractivity contribution in [1.82, 2.24) is 15.0 Å². The third kappa shape index (κ3) is 3.15. The molecule has 6 nitrogen and oxygen atoms in total. The molecule has 112 valence electrons. The van der Waals surface area contributed by atoms with E-state index in [2.05, 4.69) is 32.4 Å². The van der Waals surface area contributed by atoms with Crippen LogP contribution in [0.5, 0.6) is 0 Å². The van der Waals surface area contributed by atoms with Crippen LogP contribution < -0.4 is 16.0 Å².